The Labute approximate surface area is 211 Å². The number of aromatic nitrogens is 1. The van der Waals surface area contributed by atoms with Gasteiger partial charge in [0.2, 0.25) is 11.8 Å². The molecular formula is C24H27ClF3N5O3. The van der Waals surface area contributed by atoms with E-state index in [1.807, 2.05) is 13.8 Å². The first-order chi connectivity index (χ1) is 16.9. The smallest absolute Gasteiger partial charge is 0.422 e. The minimum absolute atomic E-state index is 0.0228. The lowest BCUT2D eigenvalue weighted by Crippen LogP contribution is -2.63. The van der Waals surface area contributed by atoms with Crippen LogP contribution in [0.5, 0.6) is 5.88 Å². The van der Waals surface area contributed by atoms with Crippen LogP contribution in [0.2, 0.25) is 5.02 Å². The molecule has 0 aliphatic carbocycles. The number of hydrogen-bond acceptors (Lipinski definition) is 6. The van der Waals surface area contributed by atoms with Crippen LogP contribution in [-0.2, 0) is 15.1 Å². The Balaban J connectivity index is 1.49. The summed E-state index contributed by atoms with van der Waals surface area (Å²) in [5, 5.41) is 15.2. The van der Waals surface area contributed by atoms with E-state index in [4.69, 9.17) is 21.7 Å². The monoisotopic (exact) mass is 525 g/mol. The van der Waals surface area contributed by atoms with Gasteiger partial charge >= 0.3 is 6.18 Å². The highest BCUT2D eigenvalue weighted by Crippen LogP contribution is 2.39. The first-order valence-electron chi connectivity index (χ1n) is 11.5. The molecule has 8 nitrogen and oxygen atoms in total. The third-order valence-corrected chi connectivity index (χ3v) is 6.63. The molecule has 12 heteroatoms. The number of ether oxygens (including phenoxy) is 2. The third kappa shape index (κ3) is 5.84. The van der Waals surface area contributed by atoms with E-state index in [1.165, 1.54) is 23.2 Å². The minimum atomic E-state index is -4.45. The first kappa shape index (κ1) is 26.0. The van der Waals surface area contributed by atoms with Crippen LogP contribution in [0.4, 0.5) is 24.5 Å². The molecule has 2 aliphatic rings. The van der Waals surface area contributed by atoms with Crippen LogP contribution in [0.3, 0.4) is 0 Å². The van der Waals surface area contributed by atoms with Crippen molar-refractivity contribution in [1.29, 1.82) is 5.41 Å². The summed E-state index contributed by atoms with van der Waals surface area (Å²) in [7, 11) is 0. The number of amides is 1. The van der Waals surface area contributed by atoms with Crippen molar-refractivity contribution in [3.05, 3.63) is 47.1 Å². The molecule has 1 aromatic heterocycles. The number of hydrogen-bond donors (Lipinski definition) is 3. The largest absolute Gasteiger partial charge is 0.468 e. The molecule has 1 aromatic carbocycles. The highest BCUT2D eigenvalue weighted by molar-refractivity contribution is 6.34. The Bertz CT molecular complexity index is 1110. The zero-order valence-electron chi connectivity index (χ0n) is 19.8. The van der Waals surface area contributed by atoms with Gasteiger partial charge in [-0.1, -0.05) is 23.7 Å². The topological polar surface area (TPSA) is 99.6 Å². The summed E-state index contributed by atoms with van der Waals surface area (Å²) in [6.07, 6.45) is -1.65. The molecule has 2 aliphatic heterocycles. The average Bonchev–Trinajstić information content (AvgIpc) is 2.79. The number of rotatable bonds is 6. The van der Waals surface area contributed by atoms with Gasteiger partial charge in [0.1, 0.15) is 0 Å². The van der Waals surface area contributed by atoms with E-state index in [9.17, 15) is 18.0 Å². The molecule has 0 unspecified atom stereocenters. The number of carbonyl (C=O) groups is 1. The molecule has 2 saturated heterocycles. The van der Waals surface area contributed by atoms with E-state index in [1.54, 1.807) is 18.2 Å². The van der Waals surface area contributed by atoms with E-state index in [2.05, 4.69) is 20.4 Å². The number of nitrogens with zero attached hydrogens (tertiary/aromatic N) is 2. The lowest BCUT2D eigenvalue weighted by Gasteiger charge is -2.45. The first-order valence-corrected chi connectivity index (χ1v) is 11.8. The second kappa shape index (κ2) is 10.1. The van der Waals surface area contributed by atoms with E-state index < -0.39 is 18.3 Å². The number of carbonyl (C=O) groups excluding carboxylic acids is 1. The molecule has 0 saturated carbocycles. The minimum Gasteiger partial charge on any atom is -0.468 e. The quantitative estimate of drug-likeness (QED) is 0.493. The van der Waals surface area contributed by atoms with Crippen molar-refractivity contribution in [2.24, 2.45) is 0 Å². The number of alkyl halides is 3. The maximum Gasteiger partial charge on any atom is 0.422 e. The summed E-state index contributed by atoms with van der Waals surface area (Å²) in [4.78, 5) is 18.6. The van der Waals surface area contributed by atoms with Crippen LogP contribution < -0.4 is 15.4 Å². The van der Waals surface area contributed by atoms with E-state index in [-0.39, 0.29) is 36.3 Å². The number of benzene rings is 1. The van der Waals surface area contributed by atoms with E-state index in [0.717, 1.165) is 0 Å². The summed E-state index contributed by atoms with van der Waals surface area (Å²) < 4.78 is 47.2. The molecule has 0 radical (unpaired) electrons. The maximum absolute atomic E-state index is 13.2. The highest BCUT2D eigenvalue weighted by atomic mass is 35.5. The summed E-state index contributed by atoms with van der Waals surface area (Å²) in [5.74, 6) is -0.286. The third-order valence-electron chi connectivity index (χ3n) is 6.22. The lowest BCUT2D eigenvalue weighted by molar-refractivity contribution is -0.154. The SMILES string of the molecule is C[C@@H]1C[C@H](N2C(=N)N[C@](C)(c3cccc(Nc4ccc(OCC(F)(F)F)nc4)c3Cl)CC2=O)CCO1. The van der Waals surface area contributed by atoms with Crippen LogP contribution in [0.1, 0.15) is 38.7 Å². The van der Waals surface area contributed by atoms with Crippen molar-refractivity contribution in [2.75, 3.05) is 18.5 Å². The van der Waals surface area contributed by atoms with E-state index in [0.29, 0.717) is 41.4 Å². The van der Waals surface area contributed by atoms with Crippen molar-refractivity contribution >= 4 is 34.8 Å². The Hall–Kier alpha value is -3.05. The van der Waals surface area contributed by atoms with Gasteiger partial charge in [0.25, 0.3) is 0 Å². The van der Waals surface area contributed by atoms with Crippen LogP contribution in [-0.4, -0.2) is 53.3 Å². The van der Waals surface area contributed by atoms with Crippen molar-refractivity contribution in [2.45, 2.75) is 57.0 Å². The highest BCUT2D eigenvalue weighted by Gasteiger charge is 2.43. The lowest BCUT2D eigenvalue weighted by atomic mass is 9.85. The van der Waals surface area contributed by atoms with Gasteiger partial charge in [0.15, 0.2) is 12.6 Å². The summed E-state index contributed by atoms with van der Waals surface area (Å²) in [6, 6.07) is 8.04. The normalized spacial score (nSPS) is 24.9. The molecule has 3 heterocycles. The van der Waals surface area contributed by atoms with Gasteiger partial charge in [0.05, 0.1) is 40.7 Å². The van der Waals surface area contributed by atoms with Crippen molar-refractivity contribution < 1.29 is 27.4 Å². The Morgan fingerprint density at radius 3 is 2.78 bits per heavy atom. The van der Waals surface area contributed by atoms with Crippen molar-refractivity contribution in [3.63, 3.8) is 0 Å². The molecule has 3 N–H and O–H groups in total. The Kier molecular flexibility index (Phi) is 7.33. The van der Waals surface area contributed by atoms with Crippen molar-refractivity contribution in [1.82, 2.24) is 15.2 Å². The standard InChI is InChI=1S/C24H27ClF3N5O3/c1-14-10-16(8-9-35-14)33-20(34)11-23(2,32-22(33)29)17-4-3-5-18(21(17)25)31-15-6-7-19(30-12-15)36-13-24(26,27)28/h3-7,12,14,16,31H,8-11,13H2,1-2H3,(H2,29,32)/t14-,16-,23+/m1/s1. The van der Waals surface area contributed by atoms with Gasteiger partial charge in [-0.05, 0) is 44.4 Å². The van der Waals surface area contributed by atoms with Gasteiger partial charge in [-0.3, -0.25) is 15.1 Å². The predicted molar refractivity (Wildman–Crippen MR) is 129 cm³/mol. The van der Waals surface area contributed by atoms with Crippen LogP contribution in [0, 0.1) is 5.41 Å². The molecule has 3 atom stereocenters. The van der Waals surface area contributed by atoms with Gasteiger partial charge in [-0.2, -0.15) is 13.2 Å². The number of pyridine rings is 1. The molecule has 2 fully saturated rings. The summed E-state index contributed by atoms with van der Waals surface area (Å²) >= 11 is 6.73. The predicted octanol–water partition coefficient (Wildman–Crippen LogP) is 4.96. The van der Waals surface area contributed by atoms with Gasteiger partial charge < -0.3 is 20.1 Å². The van der Waals surface area contributed by atoms with Crippen LogP contribution >= 0.6 is 11.6 Å². The number of anilines is 2. The molecule has 4 rings (SSSR count). The van der Waals surface area contributed by atoms with Crippen molar-refractivity contribution in [3.8, 4) is 5.88 Å². The van der Waals surface area contributed by atoms with Gasteiger partial charge in [-0.15, -0.1) is 0 Å². The Morgan fingerprint density at radius 1 is 1.36 bits per heavy atom. The molecule has 1 amide bonds. The van der Waals surface area contributed by atoms with Crippen LogP contribution in [0.15, 0.2) is 36.5 Å². The second-order valence-electron chi connectivity index (χ2n) is 9.19. The average molecular weight is 526 g/mol. The summed E-state index contributed by atoms with van der Waals surface area (Å²) in [5.41, 5.74) is 0.718. The molecular weight excluding hydrogens is 499 g/mol. The zero-order chi connectivity index (χ0) is 26.1. The fraction of sp³-hybridized carbons (Fsp3) is 0.458. The zero-order valence-corrected chi connectivity index (χ0v) is 20.5. The van der Waals surface area contributed by atoms with Gasteiger partial charge in [-0.25, -0.2) is 4.98 Å². The fourth-order valence-corrected chi connectivity index (χ4v) is 4.92. The Morgan fingerprint density at radius 2 is 2.14 bits per heavy atom. The second-order valence-corrected chi connectivity index (χ2v) is 9.56. The molecule has 194 valence electrons. The number of guanidine groups is 1. The molecule has 2 aromatic rings. The summed E-state index contributed by atoms with van der Waals surface area (Å²) in [6.45, 7) is 2.90. The fourth-order valence-electron chi connectivity index (χ4n) is 4.54. The molecule has 0 spiro atoms. The number of halogens is 4. The van der Waals surface area contributed by atoms with E-state index >= 15 is 0 Å². The number of nitrogens with one attached hydrogen (secondary N) is 3. The van der Waals surface area contributed by atoms with Crippen LogP contribution in [0.25, 0.3) is 0 Å². The molecule has 36 heavy (non-hydrogen) atoms. The molecule has 0 bridgehead atoms. The van der Waals surface area contributed by atoms with Gasteiger partial charge in [0, 0.05) is 18.7 Å². The maximum atomic E-state index is 13.2.